The lowest BCUT2D eigenvalue weighted by atomic mass is 10.1. The molecule has 0 heterocycles. The number of methoxy groups -OCH3 is 1. The third-order valence-corrected chi connectivity index (χ3v) is 5.49. The van der Waals surface area contributed by atoms with Crippen LogP contribution in [-0.4, -0.2) is 13.1 Å². The third kappa shape index (κ3) is 8.79. The predicted molar refractivity (Wildman–Crippen MR) is 125 cm³/mol. The molecule has 0 aliphatic heterocycles. The first-order valence-corrected chi connectivity index (χ1v) is 11.6. The first kappa shape index (κ1) is 24.3. The molecule has 2 aromatic carbocycles. The van der Waals surface area contributed by atoms with Gasteiger partial charge in [0, 0.05) is 7.11 Å². The second-order valence-electron chi connectivity index (χ2n) is 8.30. The zero-order valence-corrected chi connectivity index (χ0v) is 19.4. The molecule has 0 saturated carbocycles. The Kier molecular flexibility index (Phi) is 10.8. The van der Waals surface area contributed by atoms with Crippen molar-refractivity contribution in [3.63, 3.8) is 0 Å². The van der Waals surface area contributed by atoms with Crippen molar-refractivity contribution in [1.29, 1.82) is 0 Å². The molecule has 0 aromatic heterocycles. The molecule has 166 valence electrons. The van der Waals surface area contributed by atoms with Gasteiger partial charge in [0.2, 0.25) is 0 Å². The summed E-state index contributed by atoms with van der Waals surface area (Å²) in [5.74, 6) is 0.391. The Labute approximate surface area is 183 Å². The summed E-state index contributed by atoms with van der Waals surface area (Å²) in [5.41, 5.74) is 2.40. The van der Waals surface area contributed by atoms with Gasteiger partial charge in [-0.2, -0.15) is 0 Å². The summed E-state index contributed by atoms with van der Waals surface area (Å²) in [6, 6.07) is 16.0. The minimum Gasteiger partial charge on any atom is -0.430 e. The van der Waals surface area contributed by atoms with E-state index in [4.69, 9.17) is 14.2 Å². The van der Waals surface area contributed by atoms with Crippen LogP contribution < -0.4 is 9.47 Å². The molecule has 0 amide bonds. The number of ether oxygens (including phenoxy) is 3. The number of aryl methyl sites for hydroxylation is 2. The Morgan fingerprint density at radius 3 is 1.40 bits per heavy atom. The number of hydrogen-bond donors (Lipinski definition) is 0. The molecule has 0 unspecified atom stereocenters. The van der Waals surface area contributed by atoms with Crippen molar-refractivity contribution < 1.29 is 14.2 Å². The molecule has 0 bridgehead atoms. The fourth-order valence-corrected chi connectivity index (χ4v) is 3.53. The van der Waals surface area contributed by atoms with Crippen molar-refractivity contribution in [2.24, 2.45) is 0 Å². The van der Waals surface area contributed by atoms with Crippen molar-refractivity contribution in [2.45, 2.75) is 91.0 Å². The van der Waals surface area contributed by atoms with Crippen molar-refractivity contribution in [1.82, 2.24) is 0 Å². The minimum absolute atomic E-state index is 0.682. The van der Waals surface area contributed by atoms with Crippen molar-refractivity contribution >= 4 is 0 Å². The van der Waals surface area contributed by atoms with E-state index in [1.807, 2.05) is 48.5 Å². The van der Waals surface area contributed by atoms with Gasteiger partial charge in [-0.1, -0.05) is 93.7 Å². The quantitative estimate of drug-likeness (QED) is 0.219. The molecular weight excluding hydrogens is 372 g/mol. The summed E-state index contributed by atoms with van der Waals surface area (Å²) in [6.45, 7) is 6.40. The van der Waals surface area contributed by atoms with E-state index < -0.39 is 5.97 Å². The Hall–Kier alpha value is -2.00. The van der Waals surface area contributed by atoms with Crippen LogP contribution in [0.25, 0.3) is 0 Å². The summed E-state index contributed by atoms with van der Waals surface area (Å²) < 4.78 is 18.4. The Morgan fingerprint density at radius 2 is 1.00 bits per heavy atom. The number of rotatable bonds is 15. The van der Waals surface area contributed by atoms with Gasteiger partial charge in [-0.15, -0.1) is 0 Å². The highest BCUT2D eigenvalue weighted by Gasteiger charge is 2.35. The van der Waals surface area contributed by atoms with Crippen molar-refractivity contribution in [3.05, 3.63) is 59.7 Å². The van der Waals surface area contributed by atoms with Gasteiger partial charge in [0.1, 0.15) is 11.5 Å². The van der Waals surface area contributed by atoms with Crippen LogP contribution in [0.2, 0.25) is 0 Å². The van der Waals surface area contributed by atoms with E-state index in [2.05, 4.69) is 20.8 Å². The topological polar surface area (TPSA) is 27.7 Å². The SMILES string of the molecule is CCCCCCCCCCCC(OC)(Oc1ccc(C)cc1)Oc1ccc(C)cc1. The molecule has 2 aromatic rings. The van der Waals surface area contributed by atoms with Gasteiger partial charge in [0.05, 0.1) is 6.42 Å². The van der Waals surface area contributed by atoms with Crippen LogP contribution >= 0.6 is 0 Å². The van der Waals surface area contributed by atoms with E-state index in [1.165, 1.54) is 56.1 Å². The van der Waals surface area contributed by atoms with Crippen LogP contribution in [0.3, 0.4) is 0 Å². The third-order valence-electron chi connectivity index (χ3n) is 5.49. The average molecular weight is 413 g/mol. The van der Waals surface area contributed by atoms with Gasteiger partial charge in [-0.3, -0.25) is 0 Å². The van der Waals surface area contributed by atoms with Gasteiger partial charge in [-0.05, 0) is 44.5 Å². The van der Waals surface area contributed by atoms with E-state index in [9.17, 15) is 0 Å². The fourth-order valence-electron chi connectivity index (χ4n) is 3.53. The van der Waals surface area contributed by atoms with E-state index in [0.29, 0.717) is 6.42 Å². The second kappa shape index (κ2) is 13.3. The number of hydrogen-bond acceptors (Lipinski definition) is 3. The highest BCUT2D eigenvalue weighted by Crippen LogP contribution is 2.29. The van der Waals surface area contributed by atoms with E-state index >= 15 is 0 Å². The van der Waals surface area contributed by atoms with E-state index in [-0.39, 0.29) is 0 Å². The van der Waals surface area contributed by atoms with Crippen molar-refractivity contribution in [3.8, 4) is 11.5 Å². The van der Waals surface area contributed by atoms with E-state index in [0.717, 1.165) is 24.3 Å². The smallest absolute Gasteiger partial charge is 0.371 e. The highest BCUT2D eigenvalue weighted by atomic mass is 16.9. The van der Waals surface area contributed by atoms with Gasteiger partial charge >= 0.3 is 5.97 Å². The Bertz CT molecular complexity index is 644. The van der Waals surface area contributed by atoms with Gasteiger partial charge in [-0.25, -0.2) is 0 Å². The monoisotopic (exact) mass is 412 g/mol. The molecule has 0 saturated heterocycles. The molecule has 0 aliphatic carbocycles. The molecule has 30 heavy (non-hydrogen) atoms. The average Bonchev–Trinajstić information content (AvgIpc) is 2.75. The molecule has 0 spiro atoms. The Balaban J connectivity index is 1.93. The highest BCUT2D eigenvalue weighted by molar-refractivity contribution is 5.28. The molecule has 0 atom stereocenters. The van der Waals surface area contributed by atoms with Gasteiger partial charge in [0.15, 0.2) is 0 Å². The summed E-state index contributed by atoms with van der Waals surface area (Å²) in [6.07, 6.45) is 12.2. The standard InChI is InChI=1S/C27H40O3/c1-5-6-7-8-9-10-11-12-13-22-27(28-4,29-25-18-14-23(2)15-19-25)30-26-20-16-24(3)17-21-26/h14-21H,5-13,22H2,1-4H3. The maximum absolute atomic E-state index is 6.27. The fraction of sp³-hybridized carbons (Fsp3) is 0.556. The zero-order valence-electron chi connectivity index (χ0n) is 19.4. The summed E-state index contributed by atoms with van der Waals surface area (Å²) in [5, 5.41) is 0. The van der Waals surface area contributed by atoms with Gasteiger partial charge < -0.3 is 14.2 Å². The molecule has 0 aliphatic rings. The normalized spacial score (nSPS) is 11.5. The second-order valence-corrected chi connectivity index (χ2v) is 8.30. The van der Waals surface area contributed by atoms with Crippen LogP contribution in [0.4, 0.5) is 0 Å². The molecule has 3 heteroatoms. The predicted octanol–water partition coefficient (Wildman–Crippen LogP) is 7.98. The summed E-state index contributed by atoms with van der Waals surface area (Å²) >= 11 is 0. The lowest BCUT2D eigenvalue weighted by Crippen LogP contribution is -2.44. The number of unbranched alkanes of at least 4 members (excludes halogenated alkanes) is 8. The molecular formula is C27H40O3. The van der Waals surface area contributed by atoms with Crippen LogP contribution in [0.15, 0.2) is 48.5 Å². The lowest BCUT2D eigenvalue weighted by molar-refractivity contribution is -0.293. The van der Waals surface area contributed by atoms with Crippen LogP contribution in [0, 0.1) is 13.8 Å². The van der Waals surface area contributed by atoms with E-state index in [1.54, 1.807) is 7.11 Å². The molecule has 3 nitrogen and oxygen atoms in total. The zero-order chi connectivity index (χ0) is 21.7. The molecule has 0 N–H and O–H groups in total. The van der Waals surface area contributed by atoms with Crippen molar-refractivity contribution in [2.75, 3.05) is 7.11 Å². The molecule has 0 fully saturated rings. The lowest BCUT2D eigenvalue weighted by Gasteiger charge is -2.33. The van der Waals surface area contributed by atoms with Gasteiger partial charge in [0.25, 0.3) is 0 Å². The number of benzene rings is 2. The summed E-state index contributed by atoms with van der Waals surface area (Å²) in [4.78, 5) is 0. The first-order valence-electron chi connectivity index (χ1n) is 11.6. The molecule has 0 radical (unpaired) electrons. The molecule has 2 rings (SSSR count). The van der Waals surface area contributed by atoms with Crippen LogP contribution in [0.5, 0.6) is 11.5 Å². The maximum Gasteiger partial charge on any atom is 0.371 e. The van der Waals surface area contributed by atoms with Crippen LogP contribution in [0.1, 0.15) is 82.3 Å². The van der Waals surface area contributed by atoms with Crippen LogP contribution in [-0.2, 0) is 4.74 Å². The largest absolute Gasteiger partial charge is 0.430 e. The first-order chi connectivity index (χ1) is 14.6. The minimum atomic E-state index is -1.12. The maximum atomic E-state index is 6.27. The summed E-state index contributed by atoms with van der Waals surface area (Å²) in [7, 11) is 1.66. The Morgan fingerprint density at radius 1 is 0.600 bits per heavy atom.